The third kappa shape index (κ3) is 5.92. The number of carbonyl (C=O) groups excluding carboxylic acids is 2. The van der Waals surface area contributed by atoms with Crippen LogP contribution in [0.3, 0.4) is 0 Å². The molecule has 1 rings (SSSR count). The van der Waals surface area contributed by atoms with Crippen LogP contribution in [0.15, 0.2) is 18.2 Å². The van der Waals surface area contributed by atoms with Gasteiger partial charge in [0, 0.05) is 25.7 Å². The molecule has 0 fully saturated rings. The molecule has 1 aromatic carbocycles. The average molecular weight is 400 g/mol. The Morgan fingerprint density at radius 3 is 2.33 bits per heavy atom. The summed E-state index contributed by atoms with van der Waals surface area (Å²) < 4.78 is 0. The average Bonchev–Trinajstić information content (AvgIpc) is 2.57. The number of carboxylic acids is 1. The van der Waals surface area contributed by atoms with E-state index in [1.807, 2.05) is 0 Å². The lowest BCUT2D eigenvalue weighted by Gasteiger charge is -2.28. The maximum absolute atomic E-state index is 12.6. The molecule has 0 aromatic heterocycles. The zero-order valence-corrected chi connectivity index (χ0v) is 16.2. The van der Waals surface area contributed by atoms with Crippen molar-refractivity contribution in [1.29, 1.82) is 0 Å². The van der Waals surface area contributed by atoms with Crippen LogP contribution in [-0.4, -0.2) is 52.3 Å². The predicted molar refractivity (Wildman–Crippen MR) is 98.6 cm³/mol. The number of hydrogen-bond acceptors (Lipinski definition) is 5. The van der Waals surface area contributed by atoms with Crippen LogP contribution in [-0.2, 0) is 9.59 Å². The molecule has 2 N–H and O–H groups in total. The highest BCUT2D eigenvalue weighted by molar-refractivity contribution is 6.34. The number of carboxylic acid groups (broad SMARTS) is 1. The molecular formula is C17H22ClN3O6. The molecule has 0 aliphatic heterocycles. The van der Waals surface area contributed by atoms with E-state index in [0.717, 1.165) is 12.1 Å². The van der Waals surface area contributed by atoms with Crippen molar-refractivity contribution < 1.29 is 24.4 Å². The Bertz CT molecular complexity index is 752. The molecule has 0 heterocycles. The van der Waals surface area contributed by atoms with Gasteiger partial charge in [-0.2, -0.15) is 0 Å². The fourth-order valence-electron chi connectivity index (χ4n) is 2.35. The van der Waals surface area contributed by atoms with Crippen molar-refractivity contribution in [3.63, 3.8) is 0 Å². The normalized spacial score (nSPS) is 13.0. The summed E-state index contributed by atoms with van der Waals surface area (Å²) in [6.45, 7) is 4.93. The van der Waals surface area contributed by atoms with E-state index < -0.39 is 34.7 Å². The molecule has 0 radical (unpaired) electrons. The monoisotopic (exact) mass is 399 g/mol. The summed E-state index contributed by atoms with van der Waals surface area (Å²) in [7, 11) is 1.46. The first-order valence-electron chi connectivity index (χ1n) is 8.18. The van der Waals surface area contributed by atoms with Crippen LogP contribution in [0.5, 0.6) is 0 Å². The number of nitro groups is 1. The Hall–Kier alpha value is -2.68. The lowest BCUT2D eigenvalue weighted by atomic mass is 10.0. The topological polar surface area (TPSA) is 130 Å². The second-order valence-corrected chi connectivity index (χ2v) is 6.98. The molecule has 27 heavy (non-hydrogen) atoms. The van der Waals surface area contributed by atoms with Gasteiger partial charge in [-0.25, -0.2) is 0 Å². The summed E-state index contributed by atoms with van der Waals surface area (Å²) in [5.41, 5.74) is -0.252. The van der Waals surface area contributed by atoms with Gasteiger partial charge in [-0.15, -0.1) is 0 Å². The molecule has 10 heteroatoms. The smallest absolute Gasteiger partial charge is 0.308 e. The highest BCUT2D eigenvalue weighted by Crippen LogP contribution is 2.23. The molecule has 0 saturated heterocycles. The fraction of sp³-hybridized carbons (Fsp3) is 0.471. The van der Waals surface area contributed by atoms with Gasteiger partial charge in [0.25, 0.3) is 11.6 Å². The van der Waals surface area contributed by atoms with Crippen molar-refractivity contribution in [2.24, 2.45) is 11.8 Å². The first-order valence-corrected chi connectivity index (χ1v) is 8.56. The molecular weight excluding hydrogens is 378 g/mol. The molecule has 2 amide bonds. The SMILES string of the molecule is CC(CN(C)C(=O)C(NC(=O)c1ccc([N+](=O)[O-])cc1Cl)C(C)C)C(=O)O. The number of nitro benzene ring substituents is 1. The van der Waals surface area contributed by atoms with Crippen LogP contribution < -0.4 is 5.32 Å². The van der Waals surface area contributed by atoms with Crippen molar-refractivity contribution in [1.82, 2.24) is 10.2 Å². The number of hydrogen-bond donors (Lipinski definition) is 2. The molecule has 2 unspecified atom stereocenters. The Balaban J connectivity index is 2.96. The second kappa shape index (κ2) is 9.31. The number of non-ortho nitro benzene ring substituents is 1. The minimum atomic E-state index is -1.03. The number of carbonyl (C=O) groups is 3. The van der Waals surface area contributed by atoms with Gasteiger partial charge in [-0.3, -0.25) is 24.5 Å². The third-order valence-corrected chi connectivity index (χ3v) is 4.29. The summed E-state index contributed by atoms with van der Waals surface area (Å²) >= 11 is 5.95. The van der Waals surface area contributed by atoms with Crippen molar-refractivity contribution in [3.8, 4) is 0 Å². The Labute approximate surface area is 161 Å². The summed E-state index contributed by atoms with van der Waals surface area (Å²) in [6, 6.07) is 2.51. The fourth-order valence-corrected chi connectivity index (χ4v) is 2.61. The highest BCUT2D eigenvalue weighted by atomic mass is 35.5. The zero-order chi connectivity index (χ0) is 20.9. The molecule has 2 atom stereocenters. The second-order valence-electron chi connectivity index (χ2n) is 6.57. The van der Waals surface area contributed by atoms with Gasteiger partial charge in [0.05, 0.1) is 21.4 Å². The van der Waals surface area contributed by atoms with Crippen LogP contribution in [0.25, 0.3) is 0 Å². The van der Waals surface area contributed by atoms with E-state index in [0.29, 0.717) is 0 Å². The van der Waals surface area contributed by atoms with Crippen LogP contribution >= 0.6 is 11.6 Å². The van der Waals surface area contributed by atoms with Crippen LogP contribution in [0.2, 0.25) is 5.02 Å². The van der Waals surface area contributed by atoms with Gasteiger partial charge in [-0.1, -0.05) is 32.4 Å². The molecule has 0 spiro atoms. The lowest BCUT2D eigenvalue weighted by molar-refractivity contribution is -0.384. The van der Waals surface area contributed by atoms with Crippen molar-refractivity contribution in [3.05, 3.63) is 38.9 Å². The van der Waals surface area contributed by atoms with E-state index >= 15 is 0 Å². The number of rotatable bonds is 8. The largest absolute Gasteiger partial charge is 0.481 e. The first-order chi connectivity index (χ1) is 12.5. The van der Waals surface area contributed by atoms with Gasteiger partial charge in [0.2, 0.25) is 5.91 Å². The first kappa shape index (κ1) is 22.4. The summed E-state index contributed by atoms with van der Waals surface area (Å²) in [6.07, 6.45) is 0. The van der Waals surface area contributed by atoms with Gasteiger partial charge < -0.3 is 15.3 Å². The van der Waals surface area contributed by atoms with Crippen molar-refractivity contribution in [2.45, 2.75) is 26.8 Å². The van der Waals surface area contributed by atoms with E-state index in [2.05, 4.69) is 5.32 Å². The summed E-state index contributed by atoms with van der Waals surface area (Å²) in [5, 5.41) is 22.2. The molecule has 0 bridgehead atoms. The maximum atomic E-state index is 12.6. The third-order valence-electron chi connectivity index (χ3n) is 3.97. The van der Waals surface area contributed by atoms with Crippen LogP contribution in [0.1, 0.15) is 31.1 Å². The van der Waals surface area contributed by atoms with Gasteiger partial charge in [0.1, 0.15) is 6.04 Å². The Morgan fingerprint density at radius 1 is 1.30 bits per heavy atom. The number of aliphatic carboxylic acids is 1. The summed E-state index contributed by atoms with van der Waals surface area (Å²) in [4.78, 5) is 47.5. The van der Waals surface area contributed by atoms with Gasteiger partial charge >= 0.3 is 5.97 Å². The number of nitrogens with zero attached hydrogens (tertiary/aromatic N) is 2. The van der Waals surface area contributed by atoms with Gasteiger partial charge in [-0.05, 0) is 12.0 Å². The van der Waals surface area contributed by atoms with E-state index in [9.17, 15) is 24.5 Å². The van der Waals surface area contributed by atoms with Crippen molar-refractivity contribution >= 4 is 35.1 Å². The van der Waals surface area contributed by atoms with E-state index in [-0.39, 0.29) is 28.7 Å². The highest BCUT2D eigenvalue weighted by Gasteiger charge is 2.29. The van der Waals surface area contributed by atoms with Gasteiger partial charge in [0.15, 0.2) is 0 Å². The number of benzene rings is 1. The Kier molecular flexibility index (Phi) is 7.71. The minimum absolute atomic E-state index is 0.00211. The van der Waals surface area contributed by atoms with Crippen molar-refractivity contribution in [2.75, 3.05) is 13.6 Å². The number of nitrogens with one attached hydrogen (secondary N) is 1. The quantitative estimate of drug-likeness (QED) is 0.509. The number of amides is 2. The number of halogens is 1. The van der Waals surface area contributed by atoms with Crippen LogP contribution in [0.4, 0.5) is 5.69 Å². The van der Waals surface area contributed by atoms with E-state index in [1.54, 1.807) is 13.8 Å². The molecule has 148 valence electrons. The summed E-state index contributed by atoms with van der Waals surface area (Å²) in [5.74, 6) is -3.16. The molecule has 1 aromatic rings. The predicted octanol–water partition coefficient (Wildman–Crippen LogP) is 2.18. The lowest BCUT2D eigenvalue weighted by Crippen LogP contribution is -2.51. The maximum Gasteiger partial charge on any atom is 0.308 e. The van der Waals surface area contributed by atoms with E-state index in [1.165, 1.54) is 24.9 Å². The van der Waals surface area contributed by atoms with E-state index in [4.69, 9.17) is 16.7 Å². The standard InChI is InChI=1S/C17H22ClN3O6/c1-9(2)14(16(23)20(4)8-10(3)17(24)25)19-15(22)12-6-5-11(21(26)27)7-13(12)18/h5-7,9-10,14H,8H2,1-4H3,(H,19,22)(H,24,25). The molecule has 0 aliphatic rings. The number of likely N-dealkylation sites (N-methyl/N-ethyl adjacent to an activating group) is 1. The zero-order valence-electron chi connectivity index (χ0n) is 15.4. The molecule has 0 saturated carbocycles. The molecule has 0 aliphatic carbocycles. The Morgan fingerprint density at radius 2 is 1.89 bits per heavy atom. The van der Waals surface area contributed by atoms with Crippen LogP contribution in [0, 0.1) is 22.0 Å². The minimum Gasteiger partial charge on any atom is -0.481 e. The molecule has 9 nitrogen and oxygen atoms in total.